The third-order valence-electron chi connectivity index (χ3n) is 4.72. The Morgan fingerprint density at radius 3 is 3.06 bits per heavy atom. The summed E-state index contributed by atoms with van der Waals surface area (Å²) in [7, 11) is 0. The van der Waals surface area contributed by atoms with Crippen LogP contribution in [0.5, 0.6) is 0 Å². The van der Waals surface area contributed by atoms with Gasteiger partial charge in [-0.05, 0) is 36.8 Å². The fourth-order valence-corrected chi connectivity index (χ4v) is 3.89. The van der Waals surface area contributed by atoms with Crippen LogP contribution in [0.25, 0.3) is 0 Å². The van der Waals surface area contributed by atoms with E-state index in [0.717, 1.165) is 19.4 Å². The van der Waals surface area contributed by atoms with Crippen LogP contribution in [-0.4, -0.2) is 29.4 Å². The Labute approximate surface area is 107 Å². The summed E-state index contributed by atoms with van der Waals surface area (Å²) >= 11 is 0. The Bertz CT molecular complexity index is 499. The number of carbonyl (C=O) groups excluding carboxylic acids is 1. The first-order valence-corrected chi connectivity index (χ1v) is 6.99. The van der Waals surface area contributed by atoms with Crippen molar-refractivity contribution in [2.45, 2.75) is 43.8 Å². The van der Waals surface area contributed by atoms with Crippen molar-refractivity contribution in [3.63, 3.8) is 0 Å². The number of benzene rings is 1. The van der Waals surface area contributed by atoms with Gasteiger partial charge in [0, 0.05) is 12.6 Å². The number of piperidine rings is 1. The van der Waals surface area contributed by atoms with Crippen LogP contribution >= 0.6 is 0 Å². The molecule has 0 radical (unpaired) electrons. The molecular formula is C15H18N2O. The molecule has 0 saturated carbocycles. The second kappa shape index (κ2) is 3.82. The van der Waals surface area contributed by atoms with Crippen molar-refractivity contribution in [3.8, 4) is 0 Å². The largest absolute Gasteiger partial charge is 0.332 e. The third-order valence-corrected chi connectivity index (χ3v) is 4.72. The molecule has 94 valence electrons. The van der Waals surface area contributed by atoms with Gasteiger partial charge in [-0.1, -0.05) is 24.3 Å². The quantitative estimate of drug-likeness (QED) is 0.750. The molecular weight excluding hydrogens is 224 g/mol. The lowest BCUT2D eigenvalue weighted by atomic mass is 9.80. The molecule has 0 spiro atoms. The van der Waals surface area contributed by atoms with Crippen LogP contribution in [0.1, 0.15) is 36.4 Å². The van der Waals surface area contributed by atoms with Crippen molar-refractivity contribution < 1.29 is 4.79 Å². The summed E-state index contributed by atoms with van der Waals surface area (Å²) in [6.07, 6.45) is 4.40. The van der Waals surface area contributed by atoms with Gasteiger partial charge in [0.2, 0.25) is 5.91 Å². The molecule has 3 nitrogen and oxygen atoms in total. The summed E-state index contributed by atoms with van der Waals surface area (Å²) < 4.78 is 0. The molecule has 3 heterocycles. The molecule has 18 heavy (non-hydrogen) atoms. The molecule has 2 fully saturated rings. The fourth-order valence-electron chi connectivity index (χ4n) is 3.89. The average Bonchev–Trinajstić information content (AvgIpc) is 2.44. The van der Waals surface area contributed by atoms with Crippen molar-refractivity contribution in [1.82, 2.24) is 10.2 Å². The SMILES string of the molecule is O=C1C2CCCC(N2)C2c3ccccc3CCN12. The van der Waals surface area contributed by atoms with Gasteiger partial charge in [0.05, 0.1) is 12.1 Å². The number of rotatable bonds is 0. The maximum absolute atomic E-state index is 12.4. The van der Waals surface area contributed by atoms with E-state index in [1.54, 1.807) is 0 Å². The lowest BCUT2D eigenvalue weighted by Gasteiger charge is -2.50. The van der Waals surface area contributed by atoms with Gasteiger partial charge in [0.15, 0.2) is 0 Å². The standard InChI is InChI=1S/C15H18N2O/c18-15-13-7-3-6-12(16-13)14-11-5-2-1-4-10(11)8-9-17(14)15/h1-2,4-5,12-14,16H,3,6-9H2. The van der Waals surface area contributed by atoms with Crippen LogP contribution < -0.4 is 5.32 Å². The highest BCUT2D eigenvalue weighted by atomic mass is 16.2. The predicted octanol–water partition coefficient (Wildman–Crippen LogP) is 1.64. The molecule has 1 amide bonds. The third kappa shape index (κ3) is 1.37. The zero-order valence-electron chi connectivity index (χ0n) is 10.4. The van der Waals surface area contributed by atoms with Gasteiger partial charge in [0.25, 0.3) is 0 Å². The van der Waals surface area contributed by atoms with E-state index in [1.807, 2.05) is 0 Å². The van der Waals surface area contributed by atoms with Gasteiger partial charge in [0.1, 0.15) is 0 Å². The number of hydrogen-bond acceptors (Lipinski definition) is 2. The van der Waals surface area contributed by atoms with Crippen LogP contribution in [0.3, 0.4) is 0 Å². The summed E-state index contributed by atoms with van der Waals surface area (Å²) in [5.74, 6) is 0.324. The summed E-state index contributed by atoms with van der Waals surface area (Å²) in [6, 6.07) is 9.45. The molecule has 3 unspecified atom stereocenters. The second-order valence-electron chi connectivity index (χ2n) is 5.68. The molecule has 3 aliphatic rings. The van der Waals surface area contributed by atoms with Crippen molar-refractivity contribution in [3.05, 3.63) is 35.4 Å². The van der Waals surface area contributed by atoms with Crippen molar-refractivity contribution >= 4 is 5.91 Å². The maximum atomic E-state index is 12.4. The van der Waals surface area contributed by atoms with Crippen molar-refractivity contribution in [2.75, 3.05) is 6.54 Å². The molecule has 1 aromatic carbocycles. The first kappa shape index (κ1) is 10.6. The van der Waals surface area contributed by atoms with E-state index in [2.05, 4.69) is 34.5 Å². The number of amides is 1. The predicted molar refractivity (Wildman–Crippen MR) is 69.2 cm³/mol. The summed E-state index contributed by atoms with van der Waals surface area (Å²) in [5.41, 5.74) is 2.80. The number of nitrogens with zero attached hydrogens (tertiary/aromatic N) is 1. The van der Waals surface area contributed by atoms with E-state index in [9.17, 15) is 4.79 Å². The highest BCUT2D eigenvalue weighted by molar-refractivity contribution is 5.84. The summed E-state index contributed by atoms with van der Waals surface area (Å²) in [4.78, 5) is 14.6. The van der Waals surface area contributed by atoms with E-state index < -0.39 is 0 Å². The lowest BCUT2D eigenvalue weighted by Crippen LogP contribution is -2.64. The Kier molecular flexibility index (Phi) is 2.24. The molecule has 1 N–H and O–H groups in total. The molecule has 0 aliphatic carbocycles. The number of carbonyl (C=O) groups is 1. The molecule has 2 bridgehead atoms. The molecule has 3 heteroatoms. The topological polar surface area (TPSA) is 32.3 Å². The lowest BCUT2D eigenvalue weighted by molar-refractivity contribution is -0.143. The molecule has 3 atom stereocenters. The zero-order chi connectivity index (χ0) is 12.1. The second-order valence-corrected chi connectivity index (χ2v) is 5.68. The van der Waals surface area contributed by atoms with Crippen LogP contribution in [0, 0.1) is 0 Å². The summed E-state index contributed by atoms with van der Waals surface area (Å²) in [5, 5.41) is 3.55. The van der Waals surface area contributed by atoms with Crippen LogP contribution in [-0.2, 0) is 11.2 Å². The van der Waals surface area contributed by atoms with Gasteiger partial charge >= 0.3 is 0 Å². The van der Waals surface area contributed by atoms with E-state index in [1.165, 1.54) is 24.0 Å². The highest BCUT2D eigenvalue weighted by Crippen LogP contribution is 2.39. The Balaban J connectivity index is 1.80. The Morgan fingerprint density at radius 2 is 2.11 bits per heavy atom. The number of hydrogen-bond donors (Lipinski definition) is 1. The van der Waals surface area contributed by atoms with Gasteiger partial charge in [-0.15, -0.1) is 0 Å². The molecule has 0 aromatic heterocycles. The minimum absolute atomic E-state index is 0.0882. The minimum atomic E-state index is 0.0882. The number of fused-ring (bicyclic) bond motifs is 6. The highest BCUT2D eigenvalue weighted by Gasteiger charge is 2.45. The van der Waals surface area contributed by atoms with Crippen molar-refractivity contribution in [1.29, 1.82) is 0 Å². The molecule has 4 rings (SSSR count). The number of piperazine rings is 1. The minimum Gasteiger partial charge on any atom is -0.332 e. The monoisotopic (exact) mass is 242 g/mol. The van der Waals surface area contributed by atoms with Gasteiger partial charge in [-0.25, -0.2) is 0 Å². The average molecular weight is 242 g/mol. The Hall–Kier alpha value is -1.35. The van der Waals surface area contributed by atoms with Crippen molar-refractivity contribution in [2.24, 2.45) is 0 Å². The normalized spacial score (nSPS) is 33.9. The fraction of sp³-hybridized carbons (Fsp3) is 0.533. The van der Waals surface area contributed by atoms with E-state index in [4.69, 9.17) is 0 Å². The first-order chi connectivity index (χ1) is 8.84. The van der Waals surface area contributed by atoms with Gasteiger partial charge in [-0.2, -0.15) is 0 Å². The van der Waals surface area contributed by atoms with E-state index in [0.29, 0.717) is 11.9 Å². The first-order valence-electron chi connectivity index (χ1n) is 6.99. The summed E-state index contributed by atoms with van der Waals surface area (Å²) in [6.45, 7) is 0.898. The molecule has 2 saturated heterocycles. The van der Waals surface area contributed by atoms with Crippen LogP contribution in [0.15, 0.2) is 24.3 Å². The zero-order valence-corrected chi connectivity index (χ0v) is 10.4. The number of nitrogens with one attached hydrogen (secondary N) is 1. The maximum Gasteiger partial charge on any atom is 0.240 e. The van der Waals surface area contributed by atoms with E-state index in [-0.39, 0.29) is 12.1 Å². The molecule has 1 aromatic rings. The van der Waals surface area contributed by atoms with Crippen LogP contribution in [0.4, 0.5) is 0 Å². The smallest absolute Gasteiger partial charge is 0.240 e. The van der Waals surface area contributed by atoms with Gasteiger partial charge < -0.3 is 10.2 Å². The van der Waals surface area contributed by atoms with Gasteiger partial charge in [-0.3, -0.25) is 4.79 Å². The Morgan fingerprint density at radius 1 is 1.22 bits per heavy atom. The molecule has 3 aliphatic heterocycles. The van der Waals surface area contributed by atoms with E-state index >= 15 is 0 Å². The van der Waals surface area contributed by atoms with Crippen LogP contribution in [0.2, 0.25) is 0 Å².